The molecule has 0 heterocycles. The van der Waals surface area contributed by atoms with E-state index in [4.69, 9.17) is 0 Å². The number of hydrogen-bond donors (Lipinski definition) is 1. The smallest absolute Gasteiger partial charge is 0.243 e. The molecule has 1 N–H and O–H groups in total. The van der Waals surface area contributed by atoms with E-state index in [2.05, 4.69) is 36.5 Å². The minimum atomic E-state index is -0.571. The molecule has 0 spiro atoms. The van der Waals surface area contributed by atoms with Gasteiger partial charge in [-0.25, -0.2) is 0 Å². The Hall–Kier alpha value is -3.05. The lowest BCUT2D eigenvalue weighted by atomic mass is 10.0. The normalized spacial score (nSPS) is 11.6. The van der Waals surface area contributed by atoms with Crippen molar-refractivity contribution in [3.05, 3.63) is 101 Å². The number of hydrogen-bond acceptors (Lipinski definition) is 3. The van der Waals surface area contributed by atoms with E-state index >= 15 is 0 Å². The molecule has 178 valence electrons. The predicted octanol–water partition coefficient (Wildman–Crippen LogP) is 5.56. The SMILES string of the molecule is CCNC(=O)C(Cc1ccccc1)N(Cc1ccccc1C)C(=O)CCSc1ccc(C)cc1. The number of rotatable bonds is 11. The first-order valence-corrected chi connectivity index (χ1v) is 12.8. The Morgan fingerprint density at radius 3 is 2.26 bits per heavy atom. The van der Waals surface area contributed by atoms with Crippen LogP contribution in [0.5, 0.6) is 0 Å². The van der Waals surface area contributed by atoms with Crippen LogP contribution in [0.2, 0.25) is 0 Å². The number of nitrogens with one attached hydrogen (secondary N) is 1. The summed E-state index contributed by atoms with van der Waals surface area (Å²) in [5.74, 6) is 0.550. The fourth-order valence-electron chi connectivity index (χ4n) is 3.85. The topological polar surface area (TPSA) is 49.4 Å². The summed E-state index contributed by atoms with van der Waals surface area (Å²) >= 11 is 1.67. The van der Waals surface area contributed by atoms with Crippen molar-refractivity contribution < 1.29 is 9.59 Å². The zero-order valence-electron chi connectivity index (χ0n) is 20.3. The summed E-state index contributed by atoms with van der Waals surface area (Å²) < 4.78 is 0. The molecule has 5 heteroatoms. The number of amides is 2. The molecule has 3 aromatic carbocycles. The maximum absolute atomic E-state index is 13.6. The molecule has 0 fully saturated rings. The molecule has 0 radical (unpaired) electrons. The van der Waals surface area contributed by atoms with Crippen LogP contribution in [0.25, 0.3) is 0 Å². The minimum Gasteiger partial charge on any atom is -0.355 e. The van der Waals surface area contributed by atoms with Crippen molar-refractivity contribution in [3.63, 3.8) is 0 Å². The number of likely N-dealkylation sites (N-methyl/N-ethyl adjacent to an activating group) is 1. The number of benzene rings is 3. The van der Waals surface area contributed by atoms with Gasteiger partial charge < -0.3 is 10.2 Å². The Bertz CT molecular complexity index is 1070. The third-order valence-corrected chi connectivity index (χ3v) is 6.84. The van der Waals surface area contributed by atoms with Crippen LogP contribution in [-0.4, -0.2) is 35.1 Å². The highest BCUT2D eigenvalue weighted by atomic mass is 32.2. The van der Waals surface area contributed by atoms with Gasteiger partial charge in [0.1, 0.15) is 6.04 Å². The zero-order valence-corrected chi connectivity index (χ0v) is 21.1. The summed E-state index contributed by atoms with van der Waals surface area (Å²) in [5.41, 5.74) is 4.43. The van der Waals surface area contributed by atoms with Crippen molar-refractivity contribution in [2.75, 3.05) is 12.3 Å². The van der Waals surface area contributed by atoms with E-state index < -0.39 is 6.04 Å². The van der Waals surface area contributed by atoms with Gasteiger partial charge in [-0.2, -0.15) is 0 Å². The molecule has 3 rings (SSSR count). The summed E-state index contributed by atoms with van der Waals surface area (Å²) in [6.45, 7) is 6.96. The van der Waals surface area contributed by atoms with Gasteiger partial charge in [-0.15, -0.1) is 11.8 Å². The third kappa shape index (κ3) is 7.49. The molecule has 4 nitrogen and oxygen atoms in total. The third-order valence-electron chi connectivity index (χ3n) is 5.83. The second-order valence-electron chi connectivity index (χ2n) is 8.46. The predicted molar refractivity (Wildman–Crippen MR) is 141 cm³/mol. The van der Waals surface area contributed by atoms with Gasteiger partial charge in [0, 0.05) is 36.6 Å². The maximum atomic E-state index is 13.6. The number of nitrogens with zero attached hydrogens (tertiary/aromatic N) is 1. The second kappa shape index (κ2) is 13.0. The van der Waals surface area contributed by atoms with E-state index in [0.29, 0.717) is 31.7 Å². The molecule has 0 aromatic heterocycles. The zero-order chi connectivity index (χ0) is 24.3. The molecule has 0 aliphatic rings. The van der Waals surface area contributed by atoms with Crippen LogP contribution in [0.1, 0.15) is 35.6 Å². The molecule has 2 amide bonds. The van der Waals surface area contributed by atoms with Gasteiger partial charge in [0.15, 0.2) is 0 Å². The lowest BCUT2D eigenvalue weighted by molar-refractivity contribution is -0.140. The standard InChI is InChI=1S/C29H34N2O2S/c1-4-30-29(33)27(20-24-11-6-5-7-12-24)31(21-25-13-9-8-10-23(25)3)28(32)18-19-34-26-16-14-22(2)15-17-26/h5-17,27H,4,18-21H2,1-3H3,(H,30,33). The molecule has 1 atom stereocenters. The molecular weight excluding hydrogens is 440 g/mol. The molecule has 0 aliphatic carbocycles. The monoisotopic (exact) mass is 474 g/mol. The van der Waals surface area contributed by atoms with Crippen molar-refractivity contribution in [1.29, 1.82) is 0 Å². The summed E-state index contributed by atoms with van der Waals surface area (Å²) in [4.78, 5) is 29.7. The second-order valence-corrected chi connectivity index (χ2v) is 9.63. The van der Waals surface area contributed by atoms with Gasteiger partial charge in [0.2, 0.25) is 11.8 Å². The first-order chi connectivity index (χ1) is 16.5. The van der Waals surface area contributed by atoms with E-state index in [9.17, 15) is 9.59 Å². The molecule has 0 bridgehead atoms. The van der Waals surface area contributed by atoms with E-state index in [-0.39, 0.29) is 11.8 Å². The van der Waals surface area contributed by atoms with Crippen LogP contribution in [0, 0.1) is 13.8 Å². The van der Waals surface area contributed by atoms with Crippen LogP contribution in [0.15, 0.2) is 83.8 Å². The minimum absolute atomic E-state index is 0.00458. The van der Waals surface area contributed by atoms with Crippen LogP contribution in [0.3, 0.4) is 0 Å². The van der Waals surface area contributed by atoms with E-state index in [1.807, 2.05) is 68.4 Å². The van der Waals surface area contributed by atoms with E-state index in [1.54, 1.807) is 16.7 Å². The van der Waals surface area contributed by atoms with Gasteiger partial charge >= 0.3 is 0 Å². The van der Waals surface area contributed by atoms with Crippen molar-refractivity contribution >= 4 is 23.6 Å². The Labute approximate surface area is 207 Å². The number of aryl methyl sites for hydroxylation is 2. The van der Waals surface area contributed by atoms with Gasteiger partial charge in [-0.3, -0.25) is 9.59 Å². The fourth-order valence-corrected chi connectivity index (χ4v) is 4.69. The van der Waals surface area contributed by atoms with Crippen molar-refractivity contribution in [2.24, 2.45) is 0 Å². The largest absolute Gasteiger partial charge is 0.355 e. The van der Waals surface area contributed by atoms with E-state index in [1.165, 1.54) is 5.56 Å². The van der Waals surface area contributed by atoms with Crippen LogP contribution < -0.4 is 5.32 Å². The van der Waals surface area contributed by atoms with Crippen molar-refractivity contribution in [3.8, 4) is 0 Å². The lowest BCUT2D eigenvalue weighted by Gasteiger charge is -2.32. The molecule has 1 unspecified atom stereocenters. The summed E-state index contributed by atoms with van der Waals surface area (Å²) in [5, 5.41) is 2.95. The first-order valence-electron chi connectivity index (χ1n) is 11.8. The highest BCUT2D eigenvalue weighted by molar-refractivity contribution is 7.99. The average molecular weight is 475 g/mol. The average Bonchev–Trinajstić information content (AvgIpc) is 2.84. The summed E-state index contributed by atoms with van der Waals surface area (Å²) in [6.07, 6.45) is 0.852. The molecule has 3 aromatic rings. The number of thioether (sulfide) groups is 1. The van der Waals surface area contributed by atoms with Gasteiger partial charge in [0.25, 0.3) is 0 Å². The van der Waals surface area contributed by atoms with E-state index in [0.717, 1.165) is 21.6 Å². The highest BCUT2D eigenvalue weighted by Gasteiger charge is 2.30. The lowest BCUT2D eigenvalue weighted by Crippen LogP contribution is -2.50. The van der Waals surface area contributed by atoms with Gasteiger partial charge in [-0.1, -0.05) is 72.3 Å². The Morgan fingerprint density at radius 1 is 0.912 bits per heavy atom. The van der Waals surface area contributed by atoms with Crippen LogP contribution in [0.4, 0.5) is 0 Å². The Balaban J connectivity index is 1.82. The highest BCUT2D eigenvalue weighted by Crippen LogP contribution is 2.22. The fraction of sp³-hybridized carbons (Fsp3) is 0.310. The Kier molecular flexibility index (Phi) is 9.77. The first kappa shape index (κ1) is 25.6. The molecule has 34 heavy (non-hydrogen) atoms. The number of carbonyl (C=O) groups excluding carboxylic acids is 2. The summed E-state index contributed by atoms with van der Waals surface area (Å²) in [7, 11) is 0. The van der Waals surface area contributed by atoms with Gasteiger partial charge in [0.05, 0.1) is 0 Å². The molecule has 0 aliphatic heterocycles. The molecule has 0 saturated carbocycles. The van der Waals surface area contributed by atoms with Crippen molar-refractivity contribution in [2.45, 2.75) is 51.1 Å². The van der Waals surface area contributed by atoms with Crippen molar-refractivity contribution in [1.82, 2.24) is 10.2 Å². The quantitative estimate of drug-likeness (QED) is 0.370. The number of carbonyl (C=O) groups is 2. The molecule has 0 saturated heterocycles. The summed E-state index contributed by atoms with van der Waals surface area (Å²) in [6, 6.07) is 25.7. The molecular formula is C29H34N2O2S. The van der Waals surface area contributed by atoms with Gasteiger partial charge in [-0.05, 0) is 49.6 Å². The van der Waals surface area contributed by atoms with Crippen LogP contribution in [-0.2, 0) is 22.6 Å². The Morgan fingerprint density at radius 2 is 1.59 bits per heavy atom. The maximum Gasteiger partial charge on any atom is 0.243 e. The van der Waals surface area contributed by atoms with Crippen LogP contribution >= 0.6 is 11.8 Å².